The number of hydrogen-bond donors (Lipinski definition) is 0. The van der Waals surface area contributed by atoms with Gasteiger partial charge in [-0.25, -0.2) is 9.97 Å². The molecule has 3 heterocycles. The summed E-state index contributed by atoms with van der Waals surface area (Å²) in [5.74, 6) is 0.634. The molecule has 0 N–H and O–H groups in total. The molecule has 0 radical (unpaired) electrons. The van der Waals surface area contributed by atoms with Crippen molar-refractivity contribution in [2.75, 3.05) is 0 Å². The molecule has 4 nitrogen and oxygen atoms in total. The molecule has 0 aliphatic carbocycles. The maximum absolute atomic E-state index is 6.73. The van der Waals surface area contributed by atoms with Crippen LogP contribution in [0.1, 0.15) is 0 Å². The molecule has 4 heteroatoms. The molecule has 0 saturated carbocycles. The van der Waals surface area contributed by atoms with Crippen molar-refractivity contribution in [2.45, 2.75) is 0 Å². The Morgan fingerprint density at radius 3 is 1.68 bits per heavy atom. The van der Waals surface area contributed by atoms with Crippen LogP contribution in [-0.4, -0.2) is 9.97 Å². The van der Waals surface area contributed by atoms with Gasteiger partial charge in [0, 0.05) is 49.4 Å². The van der Waals surface area contributed by atoms with Crippen LogP contribution in [0.4, 0.5) is 0 Å². The minimum atomic E-state index is 0.634. The van der Waals surface area contributed by atoms with Crippen molar-refractivity contribution in [1.29, 1.82) is 0 Å². The summed E-state index contributed by atoms with van der Waals surface area (Å²) in [7, 11) is 0. The number of nitrogens with zero attached hydrogens (tertiary/aromatic N) is 2. The first-order chi connectivity index (χ1) is 24.8. The molecular formula is C46H28N2O2. The third kappa shape index (κ3) is 4.54. The molecule has 0 unspecified atom stereocenters. The number of furan rings is 2. The van der Waals surface area contributed by atoms with Crippen molar-refractivity contribution >= 4 is 43.9 Å². The van der Waals surface area contributed by atoms with Crippen LogP contribution < -0.4 is 0 Å². The Kier molecular flexibility index (Phi) is 6.46. The van der Waals surface area contributed by atoms with Crippen LogP contribution in [0.3, 0.4) is 0 Å². The number of hydrogen-bond acceptors (Lipinski definition) is 4. The van der Waals surface area contributed by atoms with Gasteiger partial charge >= 0.3 is 0 Å². The summed E-state index contributed by atoms with van der Waals surface area (Å²) in [4.78, 5) is 10.6. The third-order valence-electron chi connectivity index (χ3n) is 9.54. The predicted molar refractivity (Wildman–Crippen MR) is 204 cm³/mol. The fourth-order valence-electron chi connectivity index (χ4n) is 7.22. The van der Waals surface area contributed by atoms with E-state index in [2.05, 4.69) is 115 Å². The summed E-state index contributed by atoms with van der Waals surface area (Å²) >= 11 is 0. The van der Waals surface area contributed by atoms with Gasteiger partial charge in [-0.05, 0) is 41.5 Å². The minimum absolute atomic E-state index is 0.634. The fourth-order valence-corrected chi connectivity index (χ4v) is 7.22. The van der Waals surface area contributed by atoms with Crippen molar-refractivity contribution in [1.82, 2.24) is 9.97 Å². The number of rotatable bonds is 5. The smallest absolute Gasteiger partial charge is 0.161 e. The van der Waals surface area contributed by atoms with Gasteiger partial charge in [-0.2, -0.15) is 0 Å². The first-order valence-electron chi connectivity index (χ1n) is 16.7. The van der Waals surface area contributed by atoms with E-state index >= 15 is 0 Å². The largest absolute Gasteiger partial charge is 0.455 e. The van der Waals surface area contributed by atoms with Crippen molar-refractivity contribution in [3.63, 3.8) is 0 Å². The van der Waals surface area contributed by atoms with Crippen LogP contribution in [0.2, 0.25) is 0 Å². The van der Waals surface area contributed by atoms with Crippen molar-refractivity contribution in [3.05, 3.63) is 170 Å². The molecule has 0 atom stereocenters. The standard InChI is InChI=1S/C46H28N2O2/c1-3-14-29(15-4-1)31-18-7-8-19-32(31)40-28-39(30-16-5-2-6-17-30)47-46(48-40)38-27-26-36(45-43(38)37-21-10-12-25-42(37)50-45)35-23-13-22-34-33-20-9-11-24-41(33)49-44(34)35/h1-28H. The summed E-state index contributed by atoms with van der Waals surface area (Å²) in [5, 5.41) is 4.15. The molecule has 0 spiro atoms. The maximum atomic E-state index is 6.73. The summed E-state index contributed by atoms with van der Waals surface area (Å²) in [5.41, 5.74) is 12.1. The summed E-state index contributed by atoms with van der Waals surface area (Å²) < 4.78 is 13.2. The molecule has 10 aromatic rings. The Hall–Kier alpha value is -6.78. The van der Waals surface area contributed by atoms with E-state index in [1.54, 1.807) is 0 Å². The van der Waals surface area contributed by atoms with E-state index in [0.29, 0.717) is 5.82 Å². The van der Waals surface area contributed by atoms with Gasteiger partial charge in [-0.1, -0.05) is 140 Å². The van der Waals surface area contributed by atoms with E-state index in [9.17, 15) is 0 Å². The highest BCUT2D eigenvalue weighted by molar-refractivity contribution is 6.18. The molecule has 0 bridgehead atoms. The molecular weight excluding hydrogens is 613 g/mol. The lowest BCUT2D eigenvalue weighted by molar-refractivity contribution is 0.665. The molecule has 0 amide bonds. The Morgan fingerprint density at radius 1 is 0.340 bits per heavy atom. The summed E-state index contributed by atoms with van der Waals surface area (Å²) in [6.07, 6.45) is 0. The first kappa shape index (κ1) is 28.3. The van der Waals surface area contributed by atoms with Crippen LogP contribution in [-0.2, 0) is 0 Å². The second kappa shape index (κ2) is 11.4. The zero-order chi connectivity index (χ0) is 33.0. The molecule has 0 aliphatic rings. The average Bonchev–Trinajstić information content (AvgIpc) is 3.77. The van der Waals surface area contributed by atoms with E-state index in [0.717, 1.165) is 94.2 Å². The lowest BCUT2D eigenvalue weighted by Crippen LogP contribution is -1.97. The van der Waals surface area contributed by atoms with Gasteiger partial charge in [-0.3, -0.25) is 0 Å². The number of para-hydroxylation sites is 3. The highest BCUT2D eigenvalue weighted by Gasteiger charge is 2.22. The Balaban J connectivity index is 1.25. The first-order valence-corrected chi connectivity index (χ1v) is 16.7. The van der Waals surface area contributed by atoms with Crippen LogP contribution >= 0.6 is 0 Å². The lowest BCUT2D eigenvalue weighted by atomic mass is 9.95. The van der Waals surface area contributed by atoms with Gasteiger partial charge in [0.05, 0.1) is 11.4 Å². The van der Waals surface area contributed by atoms with E-state index < -0.39 is 0 Å². The van der Waals surface area contributed by atoms with E-state index in [1.165, 1.54) is 0 Å². The van der Waals surface area contributed by atoms with Gasteiger partial charge in [-0.15, -0.1) is 0 Å². The third-order valence-corrected chi connectivity index (χ3v) is 9.54. The molecule has 0 saturated heterocycles. The van der Waals surface area contributed by atoms with Crippen LogP contribution in [0.25, 0.3) is 100 Å². The van der Waals surface area contributed by atoms with E-state index in [1.807, 2.05) is 54.6 Å². The quantitative estimate of drug-likeness (QED) is 0.188. The number of benzene rings is 7. The Labute approximate surface area is 287 Å². The van der Waals surface area contributed by atoms with Gasteiger partial charge in [0.2, 0.25) is 0 Å². The van der Waals surface area contributed by atoms with Gasteiger partial charge in [0.1, 0.15) is 22.3 Å². The van der Waals surface area contributed by atoms with E-state index in [-0.39, 0.29) is 0 Å². The molecule has 50 heavy (non-hydrogen) atoms. The zero-order valence-electron chi connectivity index (χ0n) is 26.9. The molecule has 234 valence electrons. The Bertz CT molecular complexity index is 2870. The van der Waals surface area contributed by atoms with E-state index in [4.69, 9.17) is 18.8 Å². The van der Waals surface area contributed by atoms with Crippen molar-refractivity contribution in [3.8, 4) is 56.2 Å². The maximum Gasteiger partial charge on any atom is 0.161 e. The SMILES string of the molecule is c1ccc(-c2cc(-c3ccccc3-c3ccccc3)nc(-c3ccc(-c4cccc5c4oc4ccccc45)c4oc5ccccc5c34)n2)cc1. The highest BCUT2D eigenvalue weighted by Crippen LogP contribution is 2.45. The zero-order valence-corrected chi connectivity index (χ0v) is 26.9. The topological polar surface area (TPSA) is 52.1 Å². The van der Waals surface area contributed by atoms with Crippen LogP contribution in [0.5, 0.6) is 0 Å². The highest BCUT2D eigenvalue weighted by atomic mass is 16.3. The molecule has 10 rings (SSSR count). The Morgan fingerprint density at radius 2 is 0.880 bits per heavy atom. The summed E-state index contributed by atoms with van der Waals surface area (Å²) in [6, 6.07) is 58.3. The predicted octanol–water partition coefficient (Wildman–Crippen LogP) is 12.6. The lowest BCUT2D eigenvalue weighted by Gasteiger charge is -2.14. The van der Waals surface area contributed by atoms with Gasteiger partial charge in [0.15, 0.2) is 5.82 Å². The van der Waals surface area contributed by atoms with Gasteiger partial charge in [0.25, 0.3) is 0 Å². The van der Waals surface area contributed by atoms with Crippen LogP contribution in [0, 0.1) is 0 Å². The van der Waals surface area contributed by atoms with Gasteiger partial charge < -0.3 is 8.83 Å². The number of aromatic nitrogens is 2. The fraction of sp³-hybridized carbons (Fsp3) is 0. The normalized spacial score (nSPS) is 11.6. The molecule has 7 aromatic carbocycles. The average molecular weight is 641 g/mol. The second-order valence-corrected chi connectivity index (χ2v) is 12.5. The van der Waals surface area contributed by atoms with Crippen molar-refractivity contribution in [2.24, 2.45) is 0 Å². The minimum Gasteiger partial charge on any atom is -0.455 e. The second-order valence-electron chi connectivity index (χ2n) is 12.5. The molecule has 0 fully saturated rings. The monoisotopic (exact) mass is 640 g/mol. The molecule has 3 aromatic heterocycles. The number of fused-ring (bicyclic) bond motifs is 6. The summed E-state index contributed by atoms with van der Waals surface area (Å²) in [6.45, 7) is 0. The molecule has 0 aliphatic heterocycles. The van der Waals surface area contributed by atoms with Crippen LogP contribution in [0.15, 0.2) is 179 Å². The van der Waals surface area contributed by atoms with Crippen molar-refractivity contribution < 1.29 is 8.83 Å².